The van der Waals surface area contributed by atoms with Crippen molar-refractivity contribution in [2.75, 3.05) is 0 Å². The smallest absolute Gasteiger partial charge is 0 e. The molecule has 0 saturated carbocycles. The monoisotopic (exact) mass is 265 g/mol. The molecule has 0 aliphatic rings. The van der Waals surface area contributed by atoms with Gasteiger partial charge in [-0.15, -0.1) is 0 Å². The summed E-state index contributed by atoms with van der Waals surface area (Å²) >= 11 is 0. The molecular weight excluding hydrogens is 261 g/mol. The van der Waals surface area contributed by atoms with Crippen LogP contribution in [0.1, 0.15) is 0 Å². The molecule has 0 fully saturated rings. The Balaban J connectivity index is 0. The Morgan fingerprint density at radius 3 is 1.00 bits per heavy atom. The second-order valence-electron chi connectivity index (χ2n) is 0. The predicted molar refractivity (Wildman–Crippen MR) is 8.64 cm³/mol. The van der Waals surface area contributed by atoms with Gasteiger partial charge in [-0.1, -0.05) is 0 Å². The molecule has 0 aromatic heterocycles. The molecule has 0 bridgehead atoms. The van der Waals surface area contributed by atoms with E-state index in [0.717, 1.165) is 0 Å². The normalized spacial score (nSPS) is 0. The summed E-state index contributed by atoms with van der Waals surface area (Å²) in [7, 11) is 0. The Bertz CT molecular complexity index is 8.00. The van der Waals surface area contributed by atoms with Gasteiger partial charge in [-0.05, 0) is 0 Å². The van der Waals surface area contributed by atoms with Crippen LogP contribution in [-0.2, 0) is 26.2 Å². The zero-order valence-corrected chi connectivity index (χ0v) is 7.81. The Kier molecular flexibility index (Phi) is 166. The van der Waals surface area contributed by atoms with Gasteiger partial charge in [0.25, 0.3) is 0 Å². The van der Waals surface area contributed by atoms with E-state index in [0.29, 0.717) is 0 Å². The van der Waals surface area contributed by atoms with Crippen LogP contribution in [0.5, 0.6) is 0 Å². The summed E-state index contributed by atoms with van der Waals surface area (Å²) in [5, 5.41) is 0. The molecule has 0 aliphatic heterocycles. The van der Waals surface area contributed by atoms with Crippen molar-refractivity contribution in [1.82, 2.24) is 6.15 Å². The molecule has 0 unspecified atom stereocenters. The fourth-order valence-electron chi connectivity index (χ4n) is 0. The van der Waals surface area contributed by atoms with E-state index in [9.17, 15) is 0 Å². The van der Waals surface area contributed by atoms with Crippen LogP contribution in [0.4, 0.5) is 0 Å². The molecule has 4 heteroatoms. The van der Waals surface area contributed by atoms with E-state index in [1.165, 1.54) is 0 Å². The standard InChI is InChI=1S/Ce.H3N.H2O.Zr/h;1H3;1H2;. The summed E-state index contributed by atoms with van der Waals surface area (Å²) in [6.07, 6.45) is 0. The van der Waals surface area contributed by atoms with Crippen molar-refractivity contribution in [1.29, 1.82) is 0 Å². The van der Waals surface area contributed by atoms with Gasteiger partial charge in [-0.3, -0.25) is 0 Å². The van der Waals surface area contributed by atoms with Crippen molar-refractivity contribution in [3.05, 3.63) is 0 Å². The third kappa shape index (κ3) is 8.89. The minimum Gasteiger partial charge on any atom is -0.412 e. The van der Waals surface area contributed by atoms with Gasteiger partial charge in [-0.25, -0.2) is 0 Å². The summed E-state index contributed by atoms with van der Waals surface area (Å²) in [5.74, 6) is 0. The van der Waals surface area contributed by atoms with Crippen molar-refractivity contribution >= 4 is 0 Å². The topological polar surface area (TPSA) is 66.5 Å². The molecule has 0 aromatic rings. The maximum absolute atomic E-state index is 0. The molecule has 2 nitrogen and oxygen atoms in total. The van der Waals surface area contributed by atoms with Crippen LogP contribution in [0.25, 0.3) is 0 Å². The van der Waals surface area contributed by atoms with Gasteiger partial charge in [0.05, 0.1) is 0 Å². The van der Waals surface area contributed by atoms with E-state index in [-0.39, 0.29) is 79.6 Å². The summed E-state index contributed by atoms with van der Waals surface area (Å²) in [6.45, 7) is 0. The quantitative estimate of drug-likeness (QED) is 0.621. The van der Waals surface area contributed by atoms with Gasteiger partial charge in [0.2, 0.25) is 0 Å². The Hall–Kier alpha value is 2.18. The van der Waals surface area contributed by atoms with E-state index in [1.807, 2.05) is 0 Å². The molecule has 0 saturated heterocycles. The van der Waals surface area contributed by atoms with E-state index in [2.05, 4.69) is 0 Å². The molecule has 0 radical (unpaired) electrons. The summed E-state index contributed by atoms with van der Waals surface area (Å²) in [6, 6.07) is 0. The predicted octanol–water partition coefficient (Wildman–Crippen LogP) is -0.665. The first-order chi connectivity index (χ1) is 0. The third-order valence-electron chi connectivity index (χ3n) is 0. The molecule has 4 heavy (non-hydrogen) atoms. The van der Waals surface area contributed by atoms with Gasteiger partial charge < -0.3 is 11.6 Å². The molecule has 0 heterocycles. The van der Waals surface area contributed by atoms with E-state index >= 15 is 0 Å². The average Bonchev–Trinajstić information content (AvgIpc) is 0. The Morgan fingerprint density at radius 2 is 1.00 bits per heavy atom. The molecule has 24 valence electrons. The van der Waals surface area contributed by atoms with Crippen molar-refractivity contribution in [2.24, 2.45) is 0 Å². The fraction of sp³-hybridized carbons (Fsp3) is 0. The average molecular weight is 266 g/mol. The summed E-state index contributed by atoms with van der Waals surface area (Å²) in [5.41, 5.74) is 0. The number of hydrogen-bond acceptors (Lipinski definition) is 1. The second-order valence-corrected chi connectivity index (χ2v) is 0. The fourth-order valence-corrected chi connectivity index (χ4v) is 0. The molecule has 0 spiro atoms. The van der Waals surface area contributed by atoms with Crippen LogP contribution in [0, 0.1) is 41.7 Å². The van der Waals surface area contributed by atoms with Gasteiger partial charge in [0, 0.05) is 68.0 Å². The van der Waals surface area contributed by atoms with Crippen LogP contribution in [0.3, 0.4) is 0 Å². The molecule has 0 amide bonds. The van der Waals surface area contributed by atoms with Gasteiger partial charge in [0.15, 0.2) is 0 Å². The zero-order valence-electron chi connectivity index (χ0n) is 2.21. The van der Waals surface area contributed by atoms with E-state index < -0.39 is 0 Å². The second kappa shape index (κ2) is 19.0. The van der Waals surface area contributed by atoms with Crippen LogP contribution >= 0.6 is 0 Å². The molecule has 5 N–H and O–H groups in total. The van der Waals surface area contributed by atoms with Crippen molar-refractivity contribution in [3.63, 3.8) is 0 Å². The SMILES string of the molecule is N.O.[Ce].[Zr]. The summed E-state index contributed by atoms with van der Waals surface area (Å²) < 4.78 is 0. The largest absolute Gasteiger partial charge is 0.412 e. The first kappa shape index (κ1) is 34.9. The number of rotatable bonds is 0. The Morgan fingerprint density at radius 1 is 1.00 bits per heavy atom. The first-order valence-corrected chi connectivity index (χ1v) is 0. The molecule has 0 rings (SSSR count). The van der Waals surface area contributed by atoms with Crippen LogP contribution in [0.15, 0.2) is 0 Å². The number of hydrogen-bond donors (Lipinski definition) is 1. The van der Waals surface area contributed by atoms with E-state index in [1.54, 1.807) is 0 Å². The van der Waals surface area contributed by atoms with Crippen molar-refractivity contribution in [2.45, 2.75) is 0 Å². The third-order valence-corrected chi connectivity index (χ3v) is 0. The molecular formula is H5CeNOZr. The van der Waals surface area contributed by atoms with E-state index in [4.69, 9.17) is 0 Å². The first-order valence-electron chi connectivity index (χ1n) is 0. The maximum atomic E-state index is 0. The molecule has 0 aliphatic carbocycles. The van der Waals surface area contributed by atoms with Crippen LogP contribution < -0.4 is 6.15 Å². The van der Waals surface area contributed by atoms with Crippen LogP contribution in [-0.4, -0.2) is 5.48 Å². The van der Waals surface area contributed by atoms with Gasteiger partial charge in [-0.2, -0.15) is 0 Å². The Labute approximate surface area is 78.1 Å². The summed E-state index contributed by atoms with van der Waals surface area (Å²) in [4.78, 5) is 0. The van der Waals surface area contributed by atoms with Crippen molar-refractivity contribution in [3.8, 4) is 0 Å². The van der Waals surface area contributed by atoms with Gasteiger partial charge in [0.1, 0.15) is 0 Å². The molecule has 0 aromatic carbocycles. The molecule has 0 atom stereocenters. The zero-order chi connectivity index (χ0) is 0. The van der Waals surface area contributed by atoms with Gasteiger partial charge >= 0.3 is 0 Å². The van der Waals surface area contributed by atoms with Crippen molar-refractivity contribution < 1.29 is 73.4 Å². The minimum absolute atomic E-state index is 0. The maximum Gasteiger partial charge on any atom is 0 e. The minimum atomic E-state index is 0. The van der Waals surface area contributed by atoms with Crippen LogP contribution in [0.2, 0.25) is 0 Å².